The Bertz CT molecular complexity index is 196. The Morgan fingerprint density at radius 1 is 0.929 bits per heavy atom. The second-order valence-corrected chi connectivity index (χ2v) is 6.32. The highest BCUT2D eigenvalue weighted by Gasteiger charge is 2.33. The Kier molecular flexibility index (Phi) is 3.91. The Morgan fingerprint density at radius 2 is 1.64 bits per heavy atom. The monoisotopic (exact) mass is 213 g/mol. The largest absolute Gasteiger partial charge is 0.294 e. The minimum atomic E-state index is 0.423. The SMILES string of the molecule is O=C1CCCCC1[SH+]C1CCCCC1. The maximum Gasteiger partial charge on any atom is 0.184 e. The Morgan fingerprint density at radius 3 is 2.36 bits per heavy atom. The van der Waals surface area contributed by atoms with Crippen molar-refractivity contribution in [3.05, 3.63) is 0 Å². The summed E-state index contributed by atoms with van der Waals surface area (Å²) in [5.41, 5.74) is 0. The zero-order chi connectivity index (χ0) is 9.80. The number of carbonyl (C=O) groups excluding carboxylic acids is 1. The fraction of sp³-hybridized carbons (Fsp3) is 0.917. The van der Waals surface area contributed by atoms with Crippen LogP contribution >= 0.6 is 0 Å². The van der Waals surface area contributed by atoms with Crippen molar-refractivity contribution in [1.29, 1.82) is 0 Å². The van der Waals surface area contributed by atoms with Crippen LogP contribution in [0.3, 0.4) is 0 Å². The zero-order valence-corrected chi connectivity index (χ0v) is 9.77. The van der Waals surface area contributed by atoms with Crippen molar-refractivity contribution >= 4 is 17.5 Å². The summed E-state index contributed by atoms with van der Waals surface area (Å²) in [6.07, 6.45) is 11.5. The first-order chi connectivity index (χ1) is 6.86. The topological polar surface area (TPSA) is 17.1 Å². The fourth-order valence-electron chi connectivity index (χ4n) is 2.61. The molecule has 0 aromatic heterocycles. The van der Waals surface area contributed by atoms with Crippen molar-refractivity contribution in [2.75, 3.05) is 0 Å². The lowest BCUT2D eigenvalue weighted by atomic mass is 9.99. The standard InChI is InChI=1S/C12H20OS/c13-11-8-4-5-9-12(11)14-10-6-2-1-3-7-10/h10,12H,1-9H2/p+1. The van der Waals surface area contributed by atoms with Crippen LogP contribution in [0.5, 0.6) is 0 Å². The van der Waals surface area contributed by atoms with E-state index >= 15 is 0 Å². The van der Waals surface area contributed by atoms with E-state index in [1.54, 1.807) is 0 Å². The summed E-state index contributed by atoms with van der Waals surface area (Å²) in [6.45, 7) is 0. The molecular formula is C12H21OS+. The number of rotatable bonds is 2. The average Bonchev–Trinajstić information content (AvgIpc) is 2.23. The molecule has 0 aromatic rings. The van der Waals surface area contributed by atoms with Crippen LogP contribution < -0.4 is 0 Å². The molecule has 0 radical (unpaired) electrons. The van der Waals surface area contributed by atoms with E-state index in [0.717, 1.165) is 18.1 Å². The summed E-state index contributed by atoms with van der Waals surface area (Å²) < 4.78 is 0. The number of hydrogen-bond donors (Lipinski definition) is 0. The number of Topliss-reactive ketones (excluding diaryl/α,β-unsaturated/α-hetero) is 1. The molecule has 0 aliphatic heterocycles. The number of ketones is 1. The van der Waals surface area contributed by atoms with Gasteiger partial charge in [0.1, 0.15) is 5.25 Å². The van der Waals surface area contributed by atoms with Gasteiger partial charge in [-0.2, -0.15) is 0 Å². The third-order valence-corrected chi connectivity index (χ3v) is 5.33. The molecule has 1 unspecified atom stereocenters. The first-order valence-corrected chi connectivity index (χ1v) is 7.12. The van der Waals surface area contributed by atoms with Crippen molar-refractivity contribution in [3.8, 4) is 0 Å². The van der Waals surface area contributed by atoms with Gasteiger partial charge in [-0.15, -0.1) is 0 Å². The van der Waals surface area contributed by atoms with Crippen molar-refractivity contribution in [1.82, 2.24) is 0 Å². The zero-order valence-electron chi connectivity index (χ0n) is 8.87. The van der Waals surface area contributed by atoms with E-state index in [9.17, 15) is 4.79 Å². The molecule has 0 aromatic carbocycles. The molecule has 1 atom stereocenters. The summed E-state index contributed by atoms with van der Waals surface area (Å²) in [4.78, 5) is 11.7. The normalized spacial score (nSPS) is 30.6. The van der Waals surface area contributed by atoms with E-state index < -0.39 is 0 Å². The van der Waals surface area contributed by atoms with Crippen LogP contribution in [0.2, 0.25) is 0 Å². The summed E-state index contributed by atoms with van der Waals surface area (Å²) in [5, 5.41) is 1.28. The third kappa shape index (κ3) is 2.75. The smallest absolute Gasteiger partial charge is 0.184 e. The van der Waals surface area contributed by atoms with E-state index in [1.165, 1.54) is 56.7 Å². The highest BCUT2D eigenvalue weighted by molar-refractivity contribution is 7.80. The summed E-state index contributed by atoms with van der Waals surface area (Å²) in [6, 6.07) is 0. The minimum Gasteiger partial charge on any atom is -0.294 e. The van der Waals surface area contributed by atoms with Crippen LogP contribution in [0, 0.1) is 0 Å². The highest BCUT2D eigenvalue weighted by atomic mass is 32.2. The van der Waals surface area contributed by atoms with Crippen molar-refractivity contribution in [2.45, 2.75) is 68.3 Å². The van der Waals surface area contributed by atoms with Crippen LogP contribution in [0.15, 0.2) is 0 Å². The second-order valence-electron chi connectivity index (χ2n) is 4.67. The predicted octanol–water partition coefficient (Wildman–Crippen LogP) is 2.65. The average molecular weight is 213 g/mol. The summed E-state index contributed by atoms with van der Waals surface area (Å²) in [5.74, 6) is 0.559. The van der Waals surface area contributed by atoms with Crippen LogP contribution in [-0.4, -0.2) is 16.3 Å². The van der Waals surface area contributed by atoms with Crippen LogP contribution in [-0.2, 0) is 16.6 Å². The molecule has 2 fully saturated rings. The van der Waals surface area contributed by atoms with Crippen molar-refractivity contribution in [3.63, 3.8) is 0 Å². The third-order valence-electron chi connectivity index (χ3n) is 3.49. The van der Waals surface area contributed by atoms with E-state index in [-0.39, 0.29) is 0 Å². The molecule has 2 heteroatoms. The van der Waals surface area contributed by atoms with Gasteiger partial charge in [0.25, 0.3) is 0 Å². The predicted molar refractivity (Wildman–Crippen MR) is 62.9 cm³/mol. The van der Waals surface area contributed by atoms with Crippen LogP contribution in [0.4, 0.5) is 0 Å². The lowest BCUT2D eigenvalue weighted by molar-refractivity contribution is -0.119. The highest BCUT2D eigenvalue weighted by Crippen LogP contribution is 2.26. The fourth-order valence-corrected chi connectivity index (χ4v) is 4.41. The number of thiol groups is 1. The minimum absolute atomic E-state index is 0.423. The molecule has 0 spiro atoms. The van der Waals surface area contributed by atoms with Gasteiger partial charge in [0.15, 0.2) is 11.0 Å². The van der Waals surface area contributed by atoms with Gasteiger partial charge in [-0.05, 0) is 50.3 Å². The van der Waals surface area contributed by atoms with Crippen molar-refractivity contribution in [2.24, 2.45) is 0 Å². The van der Waals surface area contributed by atoms with Gasteiger partial charge in [-0.25, -0.2) is 0 Å². The maximum absolute atomic E-state index is 11.7. The Hall–Kier alpha value is 0.0200. The van der Waals surface area contributed by atoms with Crippen LogP contribution in [0.1, 0.15) is 57.8 Å². The van der Waals surface area contributed by atoms with E-state index in [0.29, 0.717) is 11.0 Å². The quantitative estimate of drug-likeness (QED) is 0.509. The van der Waals surface area contributed by atoms with Gasteiger partial charge in [-0.1, -0.05) is 6.42 Å². The lowest BCUT2D eigenvalue weighted by Gasteiger charge is -2.21. The number of hydrogen-bond acceptors (Lipinski definition) is 1. The van der Waals surface area contributed by atoms with Gasteiger partial charge in [0, 0.05) is 12.8 Å². The molecule has 0 amide bonds. The van der Waals surface area contributed by atoms with Gasteiger partial charge in [-0.3, -0.25) is 4.79 Å². The van der Waals surface area contributed by atoms with E-state index in [2.05, 4.69) is 0 Å². The molecule has 2 aliphatic carbocycles. The van der Waals surface area contributed by atoms with Gasteiger partial charge in [0.05, 0.1) is 0 Å². The Balaban J connectivity index is 1.79. The molecular weight excluding hydrogens is 192 g/mol. The molecule has 2 rings (SSSR count). The van der Waals surface area contributed by atoms with Gasteiger partial charge >= 0.3 is 0 Å². The molecule has 2 saturated carbocycles. The lowest BCUT2D eigenvalue weighted by Crippen LogP contribution is -2.31. The van der Waals surface area contributed by atoms with E-state index in [4.69, 9.17) is 0 Å². The summed E-state index contributed by atoms with van der Waals surface area (Å²) in [7, 11) is 0. The molecule has 0 bridgehead atoms. The van der Waals surface area contributed by atoms with Crippen LogP contribution in [0.25, 0.3) is 0 Å². The maximum atomic E-state index is 11.7. The molecule has 1 nitrogen and oxygen atoms in total. The molecule has 0 N–H and O–H groups in total. The first kappa shape index (κ1) is 10.5. The van der Waals surface area contributed by atoms with Crippen molar-refractivity contribution < 1.29 is 4.79 Å². The molecule has 0 heterocycles. The second kappa shape index (κ2) is 5.20. The van der Waals surface area contributed by atoms with Gasteiger partial charge in [0.2, 0.25) is 0 Å². The molecule has 2 aliphatic rings. The molecule has 0 saturated heterocycles. The molecule has 80 valence electrons. The molecule has 14 heavy (non-hydrogen) atoms. The number of carbonyl (C=O) groups is 1. The summed E-state index contributed by atoms with van der Waals surface area (Å²) >= 11 is 1.48. The van der Waals surface area contributed by atoms with E-state index in [1.807, 2.05) is 0 Å². The first-order valence-electron chi connectivity index (χ1n) is 6.09. The van der Waals surface area contributed by atoms with Gasteiger partial charge < -0.3 is 0 Å². The Labute approximate surface area is 91.0 Å².